The van der Waals surface area contributed by atoms with Crippen molar-refractivity contribution in [2.24, 2.45) is 0 Å². The molecule has 2 aliphatic rings. The Kier molecular flexibility index (Phi) is 5.63. The first-order valence-electron chi connectivity index (χ1n) is 12.4. The molecule has 2 aliphatic heterocycles. The lowest BCUT2D eigenvalue weighted by Crippen LogP contribution is -2.47. The maximum atomic E-state index is 5.12. The van der Waals surface area contributed by atoms with Crippen molar-refractivity contribution in [1.82, 2.24) is 28.7 Å². The third-order valence-electron chi connectivity index (χ3n) is 7.57. The minimum absolute atomic E-state index is 0.686. The van der Waals surface area contributed by atoms with Crippen molar-refractivity contribution < 1.29 is 0 Å². The van der Waals surface area contributed by atoms with Gasteiger partial charge in [-0.05, 0) is 57.4 Å². The molecule has 2 fully saturated rings. The summed E-state index contributed by atoms with van der Waals surface area (Å²) >= 11 is 0. The van der Waals surface area contributed by atoms with Crippen LogP contribution in [0, 0.1) is 0 Å². The number of anilines is 2. The number of imidazole rings is 1. The lowest BCUT2D eigenvalue weighted by atomic mass is 10.2. The van der Waals surface area contributed by atoms with E-state index in [2.05, 4.69) is 90.2 Å². The summed E-state index contributed by atoms with van der Waals surface area (Å²) in [6.07, 6.45) is 7.38. The Morgan fingerprint density at radius 3 is 2.59 bits per heavy atom. The number of fused-ring (bicyclic) bond motifs is 2. The van der Waals surface area contributed by atoms with Crippen LogP contribution in [0.3, 0.4) is 0 Å². The smallest absolute Gasteiger partial charge is 0.142 e. The van der Waals surface area contributed by atoms with Crippen LogP contribution in [-0.4, -0.2) is 94.7 Å². The second-order valence-electron chi connectivity index (χ2n) is 9.81. The lowest BCUT2D eigenvalue weighted by molar-refractivity contribution is 0.264. The molecule has 4 aromatic heterocycles. The summed E-state index contributed by atoms with van der Waals surface area (Å²) in [5.41, 5.74) is 2.10. The normalized spacial score (nSPS) is 19.8. The Bertz CT molecular complexity index is 1270. The van der Waals surface area contributed by atoms with Gasteiger partial charge < -0.3 is 19.3 Å². The van der Waals surface area contributed by atoms with Gasteiger partial charge in [0.1, 0.15) is 22.9 Å². The second-order valence-corrected chi connectivity index (χ2v) is 9.81. The van der Waals surface area contributed by atoms with Gasteiger partial charge in [-0.25, -0.2) is 9.97 Å². The van der Waals surface area contributed by atoms with Crippen LogP contribution in [0.4, 0.5) is 11.6 Å². The third kappa shape index (κ3) is 4.01. The summed E-state index contributed by atoms with van der Waals surface area (Å²) < 4.78 is 4.51. The predicted octanol–water partition coefficient (Wildman–Crippen LogP) is 2.65. The molecular formula is C26H34N8. The predicted molar refractivity (Wildman–Crippen MR) is 138 cm³/mol. The molecule has 178 valence electrons. The van der Waals surface area contributed by atoms with E-state index in [1.165, 1.54) is 30.7 Å². The summed E-state index contributed by atoms with van der Waals surface area (Å²) in [5, 5.41) is 1.22. The zero-order chi connectivity index (χ0) is 23.1. The van der Waals surface area contributed by atoms with Crippen LogP contribution in [0.5, 0.6) is 0 Å². The number of hydrogen-bond donors (Lipinski definition) is 0. The largest absolute Gasteiger partial charge is 0.354 e. The minimum atomic E-state index is 0.686. The van der Waals surface area contributed by atoms with Gasteiger partial charge in [-0.2, -0.15) is 0 Å². The quantitative estimate of drug-likeness (QED) is 0.443. The van der Waals surface area contributed by atoms with Crippen molar-refractivity contribution in [2.45, 2.75) is 19.0 Å². The van der Waals surface area contributed by atoms with E-state index in [0.717, 1.165) is 56.4 Å². The summed E-state index contributed by atoms with van der Waals surface area (Å²) in [6.45, 7) is 8.30. The Morgan fingerprint density at radius 1 is 0.912 bits per heavy atom. The Balaban J connectivity index is 1.13. The van der Waals surface area contributed by atoms with Gasteiger partial charge in [0.15, 0.2) is 0 Å². The minimum Gasteiger partial charge on any atom is -0.354 e. The summed E-state index contributed by atoms with van der Waals surface area (Å²) in [7, 11) is 4.38. The van der Waals surface area contributed by atoms with Gasteiger partial charge in [-0.3, -0.25) is 9.30 Å². The van der Waals surface area contributed by atoms with Crippen molar-refractivity contribution in [3.63, 3.8) is 0 Å². The van der Waals surface area contributed by atoms with Crippen LogP contribution in [0.15, 0.2) is 55.0 Å². The molecule has 0 saturated carbocycles. The number of rotatable bonds is 6. The van der Waals surface area contributed by atoms with Crippen molar-refractivity contribution in [3.05, 3.63) is 55.0 Å². The average Bonchev–Trinajstić information content (AvgIpc) is 3.62. The topological polar surface area (TPSA) is 48.1 Å². The molecule has 0 bridgehead atoms. The van der Waals surface area contributed by atoms with Crippen molar-refractivity contribution in [2.75, 3.05) is 69.7 Å². The van der Waals surface area contributed by atoms with Crippen LogP contribution in [0.25, 0.3) is 16.7 Å². The molecule has 8 nitrogen and oxygen atoms in total. The van der Waals surface area contributed by atoms with Crippen molar-refractivity contribution >= 4 is 28.3 Å². The molecule has 8 heteroatoms. The molecule has 6 rings (SSSR count). The molecule has 0 radical (unpaired) electrons. The van der Waals surface area contributed by atoms with E-state index in [-0.39, 0.29) is 0 Å². The molecule has 2 saturated heterocycles. The van der Waals surface area contributed by atoms with E-state index in [0.29, 0.717) is 6.04 Å². The van der Waals surface area contributed by atoms with E-state index >= 15 is 0 Å². The van der Waals surface area contributed by atoms with E-state index in [1.54, 1.807) is 0 Å². The third-order valence-corrected chi connectivity index (χ3v) is 7.57. The number of nitrogens with zero attached hydrogens (tertiary/aromatic N) is 8. The van der Waals surface area contributed by atoms with Gasteiger partial charge in [-0.1, -0.05) is 6.07 Å². The van der Waals surface area contributed by atoms with Gasteiger partial charge in [0.25, 0.3) is 0 Å². The fraction of sp³-hybridized carbons (Fsp3) is 0.462. The molecule has 0 aromatic carbocycles. The number of hydrogen-bond acceptors (Lipinski definition) is 6. The van der Waals surface area contributed by atoms with Gasteiger partial charge in [0.2, 0.25) is 0 Å². The Labute approximate surface area is 201 Å². The lowest BCUT2D eigenvalue weighted by Gasteiger charge is -2.36. The number of pyridine rings is 2. The second kappa shape index (κ2) is 8.92. The van der Waals surface area contributed by atoms with Crippen molar-refractivity contribution in [3.8, 4) is 0 Å². The first-order chi connectivity index (χ1) is 16.7. The summed E-state index contributed by atoms with van der Waals surface area (Å²) in [5.74, 6) is 2.30. The molecule has 0 spiro atoms. The monoisotopic (exact) mass is 458 g/mol. The number of likely N-dealkylation sites (tertiary alicyclic amines) is 1. The average molecular weight is 459 g/mol. The van der Waals surface area contributed by atoms with E-state index < -0.39 is 0 Å². The SMILES string of the molecule is CN(C)C1CCN(CCn2ccc3ccc(N4CCN(c5cccc6nccn56)CC4)nc32)C1. The van der Waals surface area contributed by atoms with E-state index in [1.807, 2.05) is 12.4 Å². The molecule has 0 amide bonds. The standard InChI is InChI=1S/C26H34N8/c1-29(2)22-9-11-30(20-22)14-15-33-12-8-21-6-7-24(28-26(21)33)31-16-18-32(19-17-31)25-5-3-4-23-27-10-13-34(23)25/h3-8,10,12-13,22H,9,11,14-20H2,1-2H3. The molecule has 0 N–H and O–H groups in total. The zero-order valence-corrected chi connectivity index (χ0v) is 20.2. The highest BCUT2D eigenvalue weighted by atomic mass is 15.3. The van der Waals surface area contributed by atoms with Gasteiger partial charge >= 0.3 is 0 Å². The van der Waals surface area contributed by atoms with E-state index in [4.69, 9.17) is 4.98 Å². The Morgan fingerprint density at radius 2 is 1.76 bits per heavy atom. The van der Waals surface area contributed by atoms with Gasteiger partial charge in [-0.15, -0.1) is 0 Å². The first kappa shape index (κ1) is 21.4. The Hall–Kier alpha value is -3.10. The highest BCUT2D eigenvalue weighted by Gasteiger charge is 2.24. The van der Waals surface area contributed by atoms with Gasteiger partial charge in [0.05, 0.1) is 0 Å². The van der Waals surface area contributed by atoms with E-state index in [9.17, 15) is 0 Å². The number of likely N-dealkylation sites (N-methyl/N-ethyl adjacent to an activating group) is 1. The van der Waals surface area contributed by atoms with Crippen LogP contribution in [0.1, 0.15) is 6.42 Å². The molecule has 6 heterocycles. The maximum Gasteiger partial charge on any atom is 0.142 e. The number of aromatic nitrogens is 4. The number of piperazine rings is 1. The molecule has 1 unspecified atom stereocenters. The summed E-state index contributed by atoms with van der Waals surface area (Å²) in [4.78, 5) is 19.4. The van der Waals surface area contributed by atoms with Crippen LogP contribution >= 0.6 is 0 Å². The van der Waals surface area contributed by atoms with Crippen molar-refractivity contribution in [1.29, 1.82) is 0 Å². The van der Waals surface area contributed by atoms with Crippen LogP contribution in [-0.2, 0) is 6.54 Å². The summed E-state index contributed by atoms with van der Waals surface area (Å²) in [6, 6.07) is 13.6. The molecular weight excluding hydrogens is 424 g/mol. The van der Waals surface area contributed by atoms with Crippen LogP contribution in [0.2, 0.25) is 0 Å². The first-order valence-corrected chi connectivity index (χ1v) is 12.4. The molecule has 34 heavy (non-hydrogen) atoms. The highest BCUT2D eigenvalue weighted by Crippen LogP contribution is 2.23. The fourth-order valence-electron chi connectivity index (χ4n) is 5.45. The molecule has 0 aliphatic carbocycles. The molecule has 1 atom stereocenters. The highest BCUT2D eigenvalue weighted by molar-refractivity contribution is 5.78. The van der Waals surface area contributed by atoms with Crippen LogP contribution < -0.4 is 9.80 Å². The fourth-order valence-corrected chi connectivity index (χ4v) is 5.45. The van der Waals surface area contributed by atoms with Gasteiger partial charge in [0, 0.05) is 75.8 Å². The maximum absolute atomic E-state index is 5.12. The zero-order valence-electron chi connectivity index (χ0n) is 20.2. The molecule has 4 aromatic rings.